The van der Waals surface area contributed by atoms with Crippen LogP contribution in [0.15, 0.2) is 18.2 Å². The van der Waals surface area contributed by atoms with Crippen LogP contribution < -0.4 is 5.32 Å². The first kappa shape index (κ1) is 15.9. The number of nitrogens with zero attached hydrogens (tertiary/aromatic N) is 2. The van der Waals surface area contributed by atoms with Gasteiger partial charge in [-0.05, 0) is 24.7 Å². The third kappa shape index (κ3) is 4.75. The summed E-state index contributed by atoms with van der Waals surface area (Å²) in [4.78, 5) is 16.3. The SMILES string of the molecule is CCN1CCN(CC(=O)NCc2cc(F)ccc2F)CC1. The Labute approximate surface area is 123 Å². The predicted molar refractivity (Wildman–Crippen MR) is 76.8 cm³/mol. The smallest absolute Gasteiger partial charge is 0.234 e. The first-order chi connectivity index (χ1) is 10.1. The first-order valence-electron chi connectivity index (χ1n) is 7.24. The van der Waals surface area contributed by atoms with E-state index in [-0.39, 0.29) is 18.0 Å². The Morgan fingerprint density at radius 3 is 2.52 bits per heavy atom. The Morgan fingerprint density at radius 1 is 1.19 bits per heavy atom. The van der Waals surface area contributed by atoms with E-state index in [1.807, 2.05) is 0 Å². The Kier molecular flexibility index (Phi) is 5.64. The normalized spacial score (nSPS) is 16.9. The highest BCUT2D eigenvalue weighted by atomic mass is 19.1. The average Bonchev–Trinajstić information content (AvgIpc) is 2.49. The van der Waals surface area contributed by atoms with Crippen molar-refractivity contribution in [1.82, 2.24) is 15.1 Å². The fourth-order valence-corrected chi connectivity index (χ4v) is 2.40. The van der Waals surface area contributed by atoms with Crippen LogP contribution in [0.1, 0.15) is 12.5 Å². The number of likely N-dealkylation sites (N-methyl/N-ethyl adjacent to an activating group) is 1. The second-order valence-corrected chi connectivity index (χ2v) is 5.22. The van der Waals surface area contributed by atoms with Crippen LogP contribution in [0.5, 0.6) is 0 Å². The minimum absolute atomic E-state index is 0.0113. The molecule has 0 radical (unpaired) electrons. The summed E-state index contributed by atoms with van der Waals surface area (Å²) in [6.45, 7) is 7.09. The van der Waals surface area contributed by atoms with Gasteiger partial charge in [0.25, 0.3) is 0 Å². The van der Waals surface area contributed by atoms with Crippen molar-refractivity contribution in [2.24, 2.45) is 0 Å². The van der Waals surface area contributed by atoms with Crippen LogP contribution in [0.3, 0.4) is 0 Å². The summed E-state index contributed by atoms with van der Waals surface area (Å²) in [7, 11) is 0. The van der Waals surface area contributed by atoms with Crippen molar-refractivity contribution in [1.29, 1.82) is 0 Å². The largest absolute Gasteiger partial charge is 0.351 e. The number of amides is 1. The molecule has 1 aliphatic heterocycles. The molecule has 1 fully saturated rings. The second-order valence-electron chi connectivity index (χ2n) is 5.22. The van der Waals surface area contributed by atoms with Crippen LogP contribution in [0.25, 0.3) is 0 Å². The molecule has 1 aromatic rings. The van der Waals surface area contributed by atoms with E-state index in [4.69, 9.17) is 0 Å². The summed E-state index contributed by atoms with van der Waals surface area (Å²) in [5.74, 6) is -1.17. The molecule has 1 aliphatic rings. The molecule has 1 heterocycles. The second kappa shape index (κ2) is 7.47. The van der Waals surface area contributed by atoms with Gasteiger partial charge in [0.2, 0.25) is 5.91 Å². The van der Waals surface area contributed by atoms with E-state index in [0.29, 0.717) is 6.54 Å². The quantitative estimate of drug-likeness (QED) is 0.887. The molecule has 0 unspecified atom stereocenters. The van der Waals surface area contributed by atoms with Crippen molar-refractivity contribution in [3.05, 3.63) is 35.4 Å². The molecule has 0 atom stereocenters. The number of piperazine rings is 1. The molecule has 2 rings (SSSR count). The summed E-state index contributed by atoms with van der Waals surface area (Å²) in [5, 5.41) is 2.64. The van der Waals surface area contributed by atoms with Crippen LogP contribution >= 0.6 is 0 Å². The summed E-state index contributed by atoms with van der Waals surface area (Å²) in [6.07, 6.45) is 0. The maximum atomic E-state index is 13.4. The molecule has 0 bridgehead atoms. The van der Waals surface area contributed by atoms with Gasteiger partial charge in [0, 0.05) is 38.3 Å². The monoisotopic (exact) mass is 297 g/mol. The van der Waals surface area contributed by atoms with Gasteiger partial charge < -0.3 is 10.2 Å². The van der Waals surface area contributed by atoms with Gasteiger partial charge in [-0.25, -0.2) is 8.78 Å². The number of nitrogens with one attached hydrogen (secondary N) is 1. The topological polar surface area (TPSA) is 35.6 Å². The number of rotatable bonds is 5. The minimum atomic E-state index is -0.506. The Bertz CT molecular complexity index is 488. The van der Waals surface area contributed by atoms with Crippen LogP contribution in [-0.4, -0.2) is 55.0 Å². The van der Waals surface area contributed by atoms with Crippen LogP contribution in [0.2, 0.25) is 0 Å². The van der Waals surface area contributed by atoms with Crippen molar-refractivity contribution in [3.63, 3.8) is 0 Å². The number of benzene rings is 1. The predicted octanol–water partition coefficient (Wildman–Crippen LogP) is 1.22. The molecule has 4 nitrogen and oxygen atoms in total. The highest BCUT2D eigenvalue weighted by Gasteiger charge is 2.17. The molecule has 1 N–H and O–H groups in total. The number of hydrogen-bond donors (Lipinski definition) is 1. The molecule has 6 heteroatoms. The molecular formula is C15H21F2N3O. The van der Waals surface area contributed by atoms with E-state index in [9.17, 15) is 13.6 Å². The third-order valence-electron chi connectivity index (χ3n) is 3.76. The maximum Gasteiger partial charge on any atom is 0.234 e. The Morgan fingerprint density at radius 2 is 1.86 bits per heavy atom. The van der Waals surface area contributed by atoms with E-state index in [2.05, 4.69) is 22.0 Å². The van der Waals surface area contributed by atoms with Gasteiger partial charge in [-0.15, -0.1) is 0 Å². The fourth-order valence-electron chi connectivity index (χ4n) is 2.40. The molecule has 116 valence electrons. The van der Waals surface area contributed by atoms with Crippen molar-refractivity contribution < 1.29 is 13.6 Å². The zero-order valence-electron chi connectivity index (χ0n) is 12.2. The molecule has 0 saturated carbocycles. The lowest BCUT2D eigenvalue weighted by Gasteiger charge is -2.33. The fraction of sp³-hybridized carbons (Fsp3) is 0.533. The molecule has 0 aromatic heterocycles. The van der Waals surface area contributed by atoms with Gasteiger partial charge in [0.15, 0.2) is 0 Å². The van der Waals surface area contributed by atoms with Crippen molar-refractivity contribution >= 4 is 5.91 Å². The lowest BCUT2D eigenvalue weighted by molar-refractivity contribution is -0.122. The standard InChI is InChI=1S/C15H21F2N3O/c1-2-19-5-7-20(8-6-19)11-15(21)18-10-12-9-13(16)3-4-14(12)17/h3-4,9H,2,5-8,10-11H2,1H3,(H,18,21). The number of hydrogen-bond acceptors (Lipinski definition) is 3. The first-order valence-corrected chi connectivity index (χ1v) is 7.24. The number of halogens is 2. The summed E-state index contributed by atoms with van der Waals surface area (Å²) in [6, 6.07) is 3.24. The molecule has 1 aromatic carbocycles. The highest BCUT2D eigenvalue weighted by molar-refractivity contribution is 5.78. The molecule has 0 spiro atoms. The van der Waals surface area contributed by atoms with Gasteiger partial charge in [0.05, 0.1) is 6.54 Å². The average molecular weight is 297 g/mol. The highest BCUT2D eigenvalue weighted by Crippen LogP contribution is 2.09. The number of carbonyl (C=O) groups is 1. The van der Waals surface area contributed by atoms with E-state index in [1.54, 1.807) is 0 Å². The summed E-state index contributed by atoms with van der Waals surface area (Å²) >= 11 is 0. The Hall–Kier alpha value is -1.53. The number of carbonyl (C=O) groups excluding carboxylic acids is 1. The molecular weight excluding hydrogens is 276 g/mol. The van der Waals surface area contributed by atoms with E-state index < -0.39 is 11.6 Å². The van der Waals surface area contributed by atoms with Gasteiger partial charge in [-0.3, -0.25) is 9.69 Å². The lowest BCUT2D eigenvalue weighted by Crippen LogP contribution is -2.49. The Balaban J connectivity index is 1.76. The van der Waals surface area contributed by atoms with E-state index in [0.717, 1.165) is 50.9 Å². The van der Waals surface area contributed by atoms with Crippen molar-refractivity contribution in [3.8, 4) is 0 Å². The van der Waals surface area contributed by atoms with Crippen molar-refractivity contribution in [2.45, 2.75) is 13.5 Å². The van der Waals surface area contributed by atoms with E-state index >= 15 is 0 Å². The molecule has 21 heavy (non-hydrogen) atoms. The molecule has 1 saturated heterocycles. The van der Waals surface area contributed by atoms with Gasteiger partial charge in [0.1, 0.15) is 11.6 Å². The molecule has 1 amide bonds. The summed E-state index contributed by atoms with van der Waals surface area (Å²) in [5.41, 5.74) is 0.166. The lowest BCUT2D eigenvalue weighted by atomic mass is 10.2. The van der Waals surface area contributed by atoms with Gasteiger partial charge in [-0.2, -0.15) is 0 Å². The van der Waals surface area contributed by atoms with Gasteiger partial charge >= 0.3 is 0 Å². The zero-order chi connectivity index (χ0) is 15.2. The van der Waals surface area contributed by atoms with Crippen LogP contribution in [0, 0.1) is 11.6 Å². The van der Waals surface area contributed by atoms with Crippen LogP contribution in [0.4, 0.5) is 8.78 Å². The zero-order valence-corrected chi connectivity index (χ0v) is 12.2. The minimum Gasteiger partial charge on any atom is -0.351 e. The van der Waals surface area contributed by atoms with Crippen LogP contribution in [-0.2, 0) is 11.3 Å². The van der Waals surface area contributed by atoms with Crippen molar-refractivity contribution in [2.75, 3.05) is 39.3 Å². The third-order valence-corrected chi connectivity index (χ3v) is 3.76. The molecule has 0 aliphatic carbocycles. The van der Waals surface area contributed by atoms with E-state index in [1.165, 1.54) is 0 Å². The van der Waals surface area contributed by atoms with Gasteiger partial charge in [-0.1, -0.05) is 6.92 Å². The maximum absolute atomic E-state index is 13.4. The summed E-state index contributed by atoms with van der Waals surface area (Å²) < 4.78 is 26.4.